The Morgan fingerprint density at radius 2 is 2.00 bits per heavy atom. The van der Waals surface area contributed by atoms with Crippen molar-refractivity contribution in [3.8, 4) is 11.6 Å². The maximum absolute atomic E-state index is 11.6. The fourth-order valence-electron chi connectivity index (χ4n) is 2.93. The van der Waals surface area contributed by atoms with Gasteiger partial charge in [0, 0.05) is 6.07 Å². The van der Waals surface area contributed by atoms with Crippen molar-refractivity contribution in [3.05, 3.63) is 23.9 Å². The third-order valence-electron chi connectivity index (χ3n) is 4.20. The third-order valence-corrected chi connectivity index (χ3v) is 4.20. The first-order valence-corrected chi connectivity index (χ1v) is 7.67. The number of esters is 1. The summed E-state index contributed by atoms with van der Waals surface area (Å²) in [6.45, 7) is 1.87. The number of nitrogens with zero attached hydrogens (tertiary/aromatic N) is 2. The van der Waals surface area contributed by atoms with Crippen LogP contribution in [0.25, 0.3) is 11.0 Å². The molecule has 6 heteroatoms. The largest absolute Gasteiger partial charge is 0.497 e. The van der Waals surface area contributed by atoms with E-state index in [0.29, 0.717) is 12.3 Å². The molecule has 122 valence electrons. The Kier molecular flexibility index (Phi) is 4.32. The van der Waals surface area contributed by atoms with Gasteiger partial charge >= 0.3 is 5.97 Å². The van der Waals surface area contributed by atoms with Gasteiger partial charge in [-0.2, -0.15) is 0 Å². The van der Waals surface area contributed by atoms with Crippen LogP contribution in [0, 0.1) is 12.8 Å². The SMILES string of the molecule is COC(=O)[C@H]1CC[C@H](Oc2nc3cc(OC)ccc3nc2C)C1. The van der Waals surface area contributed by atoms with Crippen LogP contribution in [0.2, 0.25) is 0 Å². The number of benzene rings is 1. The summed E-state index contributed by atoms with van der Waals surface area (Å²) in [5.74, 6) is 0.996. The van der Waals surface area contributed by atoms with Crippen molar-refractivity contribution in [3.63, 3.8) is 0 Å². The number of methoxy groups -OCH3 is 2. The zero-order chi connectivity index (χ0) is 16.4. The van der Waals surface area contributed by atoms with Gasteiger partial charge in [0.05, 0.1) is 31.2 Å². The monoisotopic (exact) mass is 316 g/mol. The van der Waals surface area contributed by atoms with Crippen molar-refractivity contribution >= 4 is 17.0 Å². The molecule has 0 unspecified atom stereocenters. The number of aryl methyl sites for hydroxylation is 1. The summed E-state index contributed by atoms with van der Waals surface area (Å²) >= 11 is 0. The number of hydrogen-bond acceptors (Lipinski definition) is 6. The molecule has 6 nitrogen and oxygen atoms in total. The van der Waals surface area contributed by atoms with Gasteiger partial charge in [-0.15, -0.1) is 0 Å². The maximum Gasteiger partial charge on any atom is 0.308 e. The molecule has 0 spiro atoms. The molecular formula is C17H20N2O4. The molecule has 0 radical (unpaired) electrons. The minimum Gasteiger partial charge on any atom is -0.497 e. The van der Waals surface area contributed by atoms with Crippen LogP contribution in [0.15, 0.2) is 18.2 Å². The van der Waals surface area contributed by atoms with Gasteiger partial charge in [0.2, 0.25) is 5.88 Å². The van der Waals surface area contributed by atoms with Gasteiger partial charge in [0.1, 0.15) is 17.5 Å². The highest BCUT2D eigenvalue weighted by Crippen LogP contribution is 2.31. The molecule has 3 rings (SSSR count). The standard InChI is InChI=1S/C17H20N2O4/c1-10-16(23-13-5-4-11(8-13)17(20)22-3)19-15-9-12(21-2)6-7-14(15)18-10/h6-7,9,11,13H,4-5,8H2,1-3H3/t11-,13-/m0/s1. The molecule has 0 saturated heterocycles. The van der Waals surface area contributed by atoms with Crippen molar-refractivity contribution in [2.75, 3.05) is 14.2 Å². The van der Waals surface area contributed by atoms with E-state index in [1.165, 1.54) is 7.11 Å². The van der Waals surface area contributed by atoms with E-state index >= 15 is 0 Å². The Bertz CT molecular complexity index is 732. The predicted molar refractivity (Wildman–Crippen MR) is 84.6 cm³/mol. The van der Waals surface area contributed by atoms with Gasteiger partial charge in [0.25, 0.3) is 0 Å². The first-order chi connectivity index (χ1) is 11.1. The first kappa shape index (κ1) is 15.5. The number of aromatic nitrogens is 2. The molecule has 23 heavy (non-hydrogen) atoms. The highest BCUT2D eigenvalue weighted by Gasteiger charge is 2.32. The van der Waals surface area contributed by atoms with Crippen LogP contribution in [0.3, 0.4) is 0 Å². The number of carbonyl (C=O) groups excluding carboxylic acids is 1. The minimum absolute atomic E-state index is 0.0323. The third kappa shape index (κ3) is 3.21. The normalized spacial score (nSPS) is 20.5. The van der Waals surface area contributed by atoms with E-state index in [2.05, 4.69) is 9.97 Å². The fraction of sp³-hybridized carbons (Fsp3) is 0.471. The summed E-state index contributed by atoms with van der Waals surface area (Å²) in [6.07, 6.45) is 2.22. The smallest absolute Gasteiger partial charge is 0.308 e. The second-order valence-electron chi connectivity index (χ2n) is 5.74. The summed E-state index contributed by atoms with van der Waals surface area (Å²) in [7, 11) is 3.04. The maximum atomic E-state index is 11.6. The van der Waals surface area contributed by atoms with Gasteiger partial charge in [-0.3, -0.25) is 4.79 Å². The molecule has 0 N–H and O–H groups in total. The number of hydrogen-bond donors (Lipinski definition) is 0. The zero-order valence-electron chi connectivity index (χ0n) is 13.5. The Hall–Kier alpha value is -2.37. The fourth-order valence-corrected chi connectivity index (χ4v) is 2.93. The van der Waals surface area contributed by atoms with Crippen molar-refractivity contribution in [2.45, 2.75) is 32.3 Å². The number of ether oxygens (including phenoxy) is 3. The van der Waals surface area contributed by atoms with E-state index in [0.717, 1.165) is 35.3 Å². The number of fused-ring (bicyclic) bond motifs is 1. The number of rotatable bonds is 4. The Balaban J connectivity index is 1.80. The van der Waals surface area contributed by atoms with Crippen LogP contribution in [-0.4, -0.2) is 36.3 Å². The van der Waals surface area contributed by atoms with E-state index < -0.39 is 0 Å². The summed E-state index contributed by atoms with van der Waals surface area (Å²) < 4.78 is 16.0. The quantitative estimate of drug-likeness (QED) is 0.808. The molecule has 1 aliphatic rings. The molecule has 0 aliphatic heterocycles. The van der Waals surface area contributed by atoms with Gasteiger partial charge < -0.3 is 14.2 Å². The number of carbonyl (C=O) groups is 1. The topological polar surface area (TPSA) is 70.5 Å². The minimum atomic E-state index is -0.165. The summed E-state index contributed by atoms with van der Waals surface area (Å²) in [5.41, 5.74) is 2.27. The molecule has 1 aliphatic carbocycles. The van der Waals surface area contributed by atoms with Crippen LogP contribution >= 0.6 is 0 Å². The van der Waals surface area contributed by atoms with E-state index in [-0.39, 0.29) is 18.0 Å². The Morgan fingerprint density at radius 1 is 1.17 bits per heavy atom. The van der Waals surface area contributed by atoms with Crippen LogP contribution in [0.4, 0.5) is 0 Å². The summed E-state index contributed by atoms with van der Waals surface area (Å²) in [6, 6.07) is 5.57. The van der Waals surface area contributed by atoms with Crippen molar-refractivity contribution in [1.82, 2.24) is 9.97 Å². The molecule has 2 aromatic rings. The lowest BCUT2D eigenvalue weighted by molar-refractivity contribution is -0.145. The predicted octanol–water partition coefficient (Wildman–Crippen LogP) is 2.67. The summed E-state index contributed by atoms with van der Waals surface area (Å²) in [4.78, 5) is 20.7. The Morgan fingerprint density at radius 3 is 2.74 bits per heavy atom. The first-order valence-electron chi connectivity index (χ1n) is 7.67. The highest BCUT2D eigenvalue weighted by molar-refractivity contribution is 5.76. The average Bonchev–Trinajstić information content (AvgIpc) is 3.03. The van der Waals surface area contributed by atoms with E-state index in [1.807, 2.05) is 25.1 Å². The second-order valence-corrected chi connectivity index (χ2v) is 5.74. The lowest BCUT2D eigenvalue weighted by atomic mass is 10.1. The molecule has 1 fully saturated rings. The van der Waals surface area contributed by atoms with E-state index in [9.17, 15) is 4.79 Å². The second kappa shape index (κ2) is 6.40. The van der Waals surface area contributed by atoms with E-state index in [4.69, 9.17) is 14.2 Å². The zero-order valence-corrected chi connectivity index (χ0v) is 13.5. The molecular weight excluding hydrogens is 296 g/mol. The molecule has 0 amide bonds. The van der Waals surface area contributed by atoms with Gasteiger partial charge in [-0.1, -0.05) is 0 Å². The molecule has 1 aromatic carbocycles. The van der Waals surface area contributed by atoms with Gasteiger partial charge in [-0.25, -0.2) is 9.97 Å². The lowest BCUT2D eigenvalue weighted by Crippen LogP contribution is -2.18. The molecule has 0 bridgehead atoms. The van der Waals surface area contributed by atoms with E-state index in [1.54, 1.807) is 7.11 Å². The molecule has 1 saturated carbocycles. The molecule has 2 atom stereocenters. The molecule has 1 heterocycles. The van der Waals surface area contributed by atoms with Crippen molar-refractivity contribution in [2.24, 2.45) is 5.92 Å². The summed E-state index contributed by atoms with van der Waals surface area (Å²) in [5, 5.41) is 0. The molecule has 1 aromatic heterocycles. The van der Waals surface area contributed by atoms with Crippen LogP contribution in [0.1, 0.15) is 25.0 Å². The van der Waals surface area contributed by atoms with Crippen molar-refractivity contribution < 1.29 is 19.0 Å². The van der Waals surface area contributed by atoms with Crippen LogP contribution in [0.5, 0.6) is 11.6 Å². The van der Waals surface area contributed by atoms with Crippen LogP contribution < -0.4 is 9.47 Å². The Labute approximate surface area is 134 Å². The van der Waals surface area contributed by atoms with Crippen molar-refractivity contribution in [1.29, 1.82) is 0 Å². The average molecular weight is 316 g/mol. The lowest BCUT2D eigenvalue weighted by Gasteiger charge is -2.15. The van der Waals surface area contributed by atoms with Crippen LogP contribution in [-0.2, 0) is 9.53 Å². The highest BCUT2D eigenvalue weighted by atomic mass is 16.5. The van der Waals surface area contributed by atoms with Gasteiger partial charge in [-0.05, 0) is 38.3 Å². The van der Waals surface area contributed by atoms with Gasteiger partial charge in [0.15, 0.2) is 0 Å².